The third-order valence-electron chi connectivity index (χ3n) is 21.5. The lowest BCUT2D eigenvalue weighted by Crippen LogP contribution is -2.31. The molecule has 3 aliphatic rings. The fourth-order valence-electron chi connectivity index (χ4n) is 14.2. The van der Waals surface area contributed by atoms with E-state index in [9.17, 15) is 33.6 Å². The van der Waals surface area contributed by atoms with Gasteiger partial charge in [0, 0.05) is 49.8 Å². The van der Waals surface area contributed by atoms with Crippen LogP contribution in [-0.2, 0) is 81.0 Å². The van der Waals surface area contributed by atoms with Gasteiger partial charge in [-0.1, -0.05) is 290 Å². The Bertz CT molecular complexity index is 4800. The Kier molecular flexibility index (Phi) is 47.5. The van der Waals surface area contributed by atoms with E-state index in [0.29, 0.717) is 67.3 Å². The summed E-state index contributed by atoms with van der Waals surface area (Å²) in [6, 6.07) is 85.9. The van der Waals surface area contributed by atoms with Crippen molar-refractivity contribution in [3.8, 4) is 0 Å². The van der Waals surface area contributed by atoms with Crippen LogP contribution in [-0.4, -0.2) is 176 Å². The molecule has 0 aliphatic carbocycles. The van der Waals surface area contributed by atoms with Gasteiger partial charge < -0.3 is 4.74 Å². The summed E-state index contributed by atoms with van der Waals surface area (Å²) in [7, 11) is 1.96. The molecule has 14 rings (SSSR count). The molecule has 0 radical (unpaired) electrons. The zero-order chi connectivity index (χ0) is 86.9. The number of hydrogen-bond donors (Lipinski definition) is 0. The molecule has 122 heavy (non-hydrogen) atoms. The minimum absolute atomic E-state index is 0.204. The zero-order valence-corrected chi connectivity index (χ0v) is 79.7. The topological polar surface area (TPSA) is 129 Å². The highest BCUT2D eigenvalue weighted by Gasteiger charge is 2.31. The molecule has 0 amide bonds. The number of benzene rings is 11. The van der Waals surface area contributed by atoms with Gasteiger partial charge in [-0.3, -0.25) is 33.6 Å². The molecule has 15 heteroatoms. The highest BCUT2D eigenvalue weighted by Crippen LogP contribution is 2.25. The van der Waals surface area contributed by atoms with E-state index in [2.05, 4.69) is 127 Å². The van der Waals surface area contributed by atoms with E-state index in [-0.39, 0.29) is 60.9 Å². The van der Waals surface area contributed by atoms with Crippen LogP contribution in [0.1, 0.15) is 198 Å². The third kappa shape index (κ3) is 36.6. The van der Waals surface area contributed by atoms with Gasteiger partial charge >= 0.3 is 0 Å². The van der Waals surface area contributed by atoms with Crippen LogP contribution in [0.4, 0.5) is 0 Å². The van der Waals surface area contributed by atoms with Gasteiger partial charge in [0.2, 0.25) is 40.5 Å². The molecule has 3 aliphatic heterocycles. The van der Waals surface area contributed by atoms with E-state index in [1.807, 2.05) is 188 Å². The molecule has 11 aromatic rings. The average Bonchev–Trinajstić information content (AvgIpc) is 1.38. The summed E-state index contributed by atoms with van der Waals surface area (Å²) in [5, 5.41) is 9.44. The Balaban J connectivity index is 0.000000178. The van der Waals surface area contributed by atoms with Crippen molar-refractivity contribution in [1.82, 2.24) is 0 Å². The number of rotatable bonds is 35. The fourth-order valence-corrected chi connectivity index (χ4v) is 27.3. The standard InChI is InChI=1S/C20H27OS.C17H19OS.C16H17O2S.C16H17OS.C16H25OS.C12H17OS.C10H13OS/c1-3-5-13-22(14-6-4-2)16-20(21)19-12-11-17-9-7-8-10-18(17)15-19;18-17(13-19-10-4-1-5-11-19)16-9-8-14-6-2-3-7-15(14)12-16;17-16(12-19-9-7-18-8-10-19)15-6-5-13-3-1-2-4-14(13)11-15;17-16(12-18-9-3-4-10-18)15-8-7-13-5-1-2-6-14(13)11-15;1-3-5-12-18(13-6-4-2)14-16(17)15-10-8-7-9-11-15;1-3-14(4-2)10-12(13)11-8-6-5-7-9-11;1-12(2)8-10(11)9-6-4-3-5-7-9/h7-12,15H,3-6,13-14,16H2,1-2H3;2-3,6-9,12H,1,4-5,10-11,13H2;1-6,11H,7-10,12H2;1-2,5-8,11H,3-4,9-10,12H2;7-11H,3-6,12-14H2,1-2H3;5-9H,3-4,10H2,1-2H3;3-7H,8H2,1-2H3/q7*+1. The first-order valence-corrected chi connectivity index (χ1v) is 56.9. The first kappa shape index (κ1) is 100.0. The predicted octanol–water partition coefficient (Wildman–Crippen LogP) is 23.5. The molecule has 646 valence electrons. The Labute approximate surface area is 751 Å². The van der Waals surface area contributed by atoms with Crippen molar-refractivity contribution < 1.29 is 38.3 Å². The summed E-state index contributed by atoms with van der Waals surface area (Å²) in [6.07, 6.45) is 20.7. The molecular formula is C107H135O8S7+7. The molecule has 8 nitrogen and oxygen atoms in total. The summed E-state index contributed by atoms with van der Waals surface area (Å²) >= 11 is 0. The average molecular weight is 1770 g/mol. The van der Waals surface area contributed by atoms with E-state index in [4.69, 9.17) is 4.74 Å². The molecule has 3 heterocycles. The highest BCUT2D eigenvalue weighted by molar-refractivity contribution is 7.99. The molecule has 0 bridgehead atoms. The minimum atomic E-state index is 0.204. The van der Waals surface area contributed by atoms with Crippen LogP contribution < -0.4 is 0 Å². The van der Waals surface area contributed by atoms with Gasteiger partial charge in [-0.25, -0.2) is 0 Å². The van der Waals surface area contributed by atoms with Gasteiger partial charge in [0.15, 0.2) is 40.3 Å². The van der Waals surface area contributed by atoms with E-state index >= 15 is 0 Å². The molecule has 3 fully saturated rings. The van der Waals surface area contributed by atoms with Crippen molar-refractivity contribution in [2.24, 2.45) is 0 Å². The summed E-state index contributed by atoms with van der Waals surface area (Å²) in [5.41, 5.74) is 6.06. The second-order valence-electron chi connectivity index (χ2n) is 31.4. The molecule has 0 saturated carbocycles. The van der Waals surface area contributed by atoms with Crippen molar-refractivity contribution in [1.29, 1.82) is 0 Å². The zero-order valence-electron chi connectivity index (χ0n) is 74.0. The molecule has 0 atom stereocenters. The number of ketones is 7. The molecule has 11 aromatic carbocycles. The maximum Gasteiger partial charge on any atom is 0.211 e. The van der Waals surface area contributed by atoms with Gasteiger partial charge in [-0.15, -0.1) is 0 Å². The first-order valence-electron chi connectivity index (χ1n) is 44.3. The smallest absolute Gasteiger partial charge is 0.211 e. The number of carbonyl (C=O) groups is 7. The number of carbonyl (C=O) groups excluding carboxylic acids is 7. The molecule has 0 unspecified atom stereocenters. The Morgan fingerprint density at radius 1 is 0.262 bits per heavy atom. The number of hydrogen-bond acceptors (Lipinski definition) is 8. The second-order valence-corrected chi connectivity index (χ2v) is 48.0. The van der Waals surface area contributed by atoms with E-state index < -0.39 is 0 Å². The second kappa shape index (κ2) is 58.0. The van der Waals surface area contributed by atoms with Crippen LogP contribution in [0.2, 0.25) is 0 Å². The fraction of sp³-hybridized carbons (Fsp3) is 0.393. The Hall–Kier alpha value is -7.44. The van der Waals surface area contributed by atoms with Crippen LogP contribution in [0.5, 0.6) is 0 Å². The number of ether oxygens (including phenoxy) is 1. The summed E-state index contributed by atoms with van der Waals surface area (Å²) in [5.74, 6) is 21.5. The van der Waals surface area contributed by atoms with Crippen LogP contribution in [0.3, 0.4) is 0 Å². The Morgan fingerprint density at radius 2 is 0.508 bits per heavy atom. The summed E-state index contributed by atoms with van der Waals surface area (Å²) in [4.78, 5) is 85.0. The maximum atomic E-state index is 12.6. The van der Waals surface area contributed by atoms with Crippen molar-refractivity contribution in [2.45, 2.75) is 125 Å². The minimum Gasteiger partial charge on any atom is -0.372 e. The summed E-state index contributed by atoms with van der Waals surface area (Å²) in [6.45, 7) is 14.8. The van der Waals surface area contributed by atoms with Crippen molar-refractivity contribution in [3.63, 3.8) is 0 Å². The number of unbranched alkanes of at least 4 members (excludes halogenated alkanes) is 4. The Morgan fingerprint density at radius 3 is 0.795 bits per heavy atom. The van der Waals surface area contributed by atoms with Gasteiger partial charge in [0.05, 0.1) is 25.7 Å². The normalized spacial score (nSPS) is 13.4. The van der Waals surface area contributed by atoms with Crippen LogP contribution in [0.15, 0.2) is 261 Å². The van der Waals surface area contributed by atoms with E-state index in [1.54, 1.807) is 0 Å². The lowest BCUT2D eigenvalue weighted by Gasteiger charge is -2.13. The monoisotopic (exact) mass is 1770 g/mol. The largest absolute Gasteiger partial charge is 0.372 e. The highest BCUT2D eigenvalue weighted by atomic mass is 32.2. The molecular weight excluding hydrogens is 1640 g/mol. The molecule has 0 N–H and O–H groups in total. The van der Waals surface area contributed by atoms with Crippen molar-refractivity contribution in [2.75, 3.05) is 135 Å². The SMILES string of the molecule is CCCC[S+](CCCC)CC(=O)c1ccc2ccccc2c1.CCCC[S+](CCCC)CC(=O)c1ccccc1.CC[S+](CC)CC(=O)c1ccccc1.C[S+](C)CC(=O)c1ccccc1.O=C(C[S+]1CCCC1)c1ccc2ccccc2c1.O=C(C[S+]1CCCCC1)c1ccc2ccccc2c1.O=C(C[S+]1CCOCC1)c1ccc2ccccc2c1. The third-order valence-corrected chi connectivity index (χ3v) is 36.4. The molecule has 3 saturated heterocycles. The summed E-state index contributed by atoms with van der Waals surface area (Å²) < 4.78 is 5.34. The van der Waals surface area contributed by atoms with Gasteiger partial charge in [-0.2, -0.15) is 0 Å². The number of Topliss-reactive ketones (excluding diaryl/α,β-unsaturated/α-hetero) is 7. The van der Waals surface area contributed by atoms with Gasteiger partial charge in [0.1, 0.15) is 69.0 Å². The van der Waals surface area contributed by atoms with E-state index in [1.165, 1.54) is 156 Å². The quantitative estimate of drug-likeness (QED) is 0.0284. The lowest BCUT2D eigenvalue weighted by molar-refractivity contribution is 0.101. The lowest BCUT2D eigenvalue weighted by atomic mass is 10.1. The predicted molar refractivity (Wildman–Crippen MR) is 546 cm³/mol. The van der Waals surface area contributed by atoms with Crippen LogP contribution in [0, 0.1) is 0 Å². The van der Waals surface area contributed by atoms with Gasteiger partial charge in [0.25, 0.3) is 0 Å². The van der Waals surface area contributed by atoms with Crippen LogP contribution >= 0.6 is 0 Å². The van der Waals surface area contributed by atoms with Gasteiger partial charge in [-0.05, 0) is 204 Å². The maximum absolute atomic E-state index is 12.6. The van der Waals surface area contributed by atoms with Crippen molar-refractivity contribution >= 4 is 160 Å². The molecule has 0 aromatic heterocycles. The van der Waals surface area contributed by atoms with Crippen LogP contribution in [0.25, 0.3) is 43.1 Å². The first-order chi connectivity index (χ1) is 59.5. The van der Waals surface area contributed by atoms with Crippen molar-refractivity contribution in [3.05, 3.63) is 300 Å². The van der Waals surface area contributed by atoms with E-state index in [0.717, 1.165) is 120 Å². The molecule has 0 spiro atoms. The number of fused-ring (bicyclic) bond motifs is 4.